The van der Waals surface area contributed by atoms with Gasteiger partial charge in [0, 0.05) is 43.5 Å². The van der Waals surface area contributed by atoms with Crippen molar-refractivity contribution in [2.24, 2.45) is 0 Å². The topological polar surface area (TPSA) is 75.3 Å². The maximum absolute atomic E-state index is 12.8. The highest BCUT2D eigenvalue weighted by Gasteiger charge is 2.20. The van der Waals surface area contributed by atoms with Crippen molar-refractivity contribution in [3.8, 4) is 21.7 Å². The van der Waals surface area contributed by atoms with Crippen molar-refractivity contribution in [2.75, 3.05) is 39.0 Å². The number of pyridine rings is 1. The normalized spacial score (nSPS) is 14.8. The van der Waals surface area contributed by atoms with Crippen molar-refractivity contribution in [3.05, 3.63) is 66.4 Å². The zero-order valence-electron chi connectivity index (χ0n) is 17.3. The highest BCUT2D eigenvalue weighted by molar-refractivity contribution is 7.21. The minimum atomic E-state index is 0.0882. The third kappa shape index (κ3) is 3.89. The Hall–Kier alpha value is -3.29. The number of rotatable bonds is 3. The second-order valence-electron chi connectivity index (χ2n) is 7.82. The number of nitrogens with two attached hydrogens (primary N) is 1. The van der Waals surface area contributed by atoms with Gasteiger partial charge in [0.15, 0.2) is 0 Å². The van der Waals surface area contributed by atoms with Crippen LogP contribution in [0.25, 0.3) is 31.9 Å². The molecule has 3 heterocycles. The molecule has 6 nitrogen and oxygen atoms in total. The lowest BCUT2D eigenvalue weighted by Gasteiger charge is -2.32. The Morgan fingerprint density at radius 2 is 1.74 bits per heavy atom. The number of hydrogen-bond donors (Lipinski definition) is 1. The monoisotopic (exact) mass is 429 g/mol. The summed E-state index contributed by atoms with van der Waals surface area (Å²) in [5, 5.41) is 0.856. The van der Waals surface area contributed by atoms with E-state index in [1.54, 1.807) is 17.5 Å². The molecule has 5 rings (SSSR count). The molecule has 1 saturated heterocycles. The predicted octanol–water partition coefficient (Wildman–Crippen LogP) is 4.00. The summed E-state index contributed by atoms with van der Waals surface area (Å²) in [5.74, 6) is 0.551. The molecule has 1 fully saturated rings. The van der Waals surface area contributed by atoms with Crippen molar-refractivity contribution < 1.29 is 4.79 Å². The summed E-state index contributed by atoms with van der Waals surface area (Å²) in [5.41, 5.74) is 10.6. The Kier molecular flexibility index (Phi) is 5.13. The number of thiazole rings is 1. The number of nitrogens with zero attached hydrogens (tertiary/aromatic N) is 4. The van der Waals surface area contributed by atoms with Gasteiger partial charge in [-0.05, 0) is 42.9 Å². The van der Waals surface area contributed by atoms with Crippen LogP contribution >= 0.6 is 11.3 Å². The average molecular weight is 430 g/mol. The van der Waals surface area contributed by atoms with E-state index in [0.29, 0.717) is 11.4 Å². The van der Waals surface area contributed by atoms with Crippen molar-refractivity contribution >= 4 is 33.3 Å². The number of nitrogen functional groups attached to an aromatic ring is 1. The maximum Gasteiger partial charge on any atom is 0.253 e. The quantitative estimate of drug-likeness (QED) is 0.533. The molecule has 2 aromatic heterocycles. The number of aromatic nitrogens is 2. The second-order valence-corrected chi connectivity index (χ2v) is 8.85. The molecule has 0 aliphatic carbocycles. The number of fused-ring (bicyclic) bond motifs is 1. The van der Waals surface area contributed by atoms with Crippen LogP contribution < -0.4 is 5.73 Å². The van der Waals surface area contributed by atoms with Gasteiger partial charge in [-0.1, -0.05) is 24.3 Å². The van der Waals surface area contributed by atoms with E-state index in [2.05, 4.69) is 23.0 Å². The van der Waals surface area contributed by atoms with Crippen molar-refractivity contribution in [1.29, 1.82) is 0 Å². The molecular formula is C24H23N5OS. The van der Waals surface area contributed by atoms with Gasteiger partial charge in [-0.25, -0.2) is 9.97 Å². The minimum absolute atomic E-state index is 0.0882. The summed E-state index contributed by atoms with van der Waals surface area (Å²) in [7, 11) is 2.08. The fourth-order valence-corrected chi connectivity index (χ4v) is 4.78. The van der Waals surface area contributed by atoms with E-state index in [1.807, 2.05) is 53.4 Å². The highest BCUT2D eigenvalue weighted by Crippen LogP contribution is 2.35. The van der Waals surface area contributed by atoms with E-state index in [1.165, 1.54) is 0 Å². The summed E-state index contributed by atoms with van der Waals surface area (Å²) < 4.78 is 1.12. The number of likely N-dealkylation sites (N-methyl/N-ethyl adjacent to an activating group) is 1. The first-order chi connectivity index (χ1) is 15.1. The SMILES string of the molecule is CN1CCN(C(=O)c2ccc(-c3cnc(N)c(-c4nc5ccccc5s4)c3)cc2)CC1. The van der Waals surface area contributed by atoms with Crippen molar-refractivity contribution in [3.63, 3.8) is 0 Å². The largest absolute Gasteiger partial charge is 0.383 e. The number of benzene rings is 2. The lowest BCUT2D eigenvalue weighted by Crippen LogP contribution is -2.47. The molecule has 31 heavy (non-hydrogen) atoms. The summed E-state index contributed by atoms with van der Waals surface area (Å²) in [6, 6.07) is 17.8. The molecule has 2 aromatic carbocycles. The lowest BCUT2D eigenvalue weighted by molar-refractivity contribution is 0.0664. The highest BCUT2D eigenvalue weighted by atomic mass is 32.1. The molecule has 156 valence electrons. The molecule has 4 aromatic rings. The average Bonchev–Trinajstić information content (AvgIpc) is 3.24. The van der Waals surface area contributed by atoms with E-state index < -0.39 is 0 Å². The molecule has 0 spiro atoms. The fraction of sp³-hybridized carbons (Fsp3) is 0.208. The first kappa shape index (κ1) is 19.7. The summed E-state index contributed by atoms with van der Waals surface area (Å²) in [6.45, 7) is 3.36. The van der Waals surface area contributed by atoms with E-state index in [-0.39, 0.29) is 5.91 Å². The molecule has 1 amide bonds. The van der Waals surface area contributed by atoms with Gasteiger partial charge >= 0.3 is 0 Å². The molecule has 1 aliphatic heterocycles. The number of hydrogen-bond acceptors (Lipinski definition) is 6. The Balaban J connectivity index is 1.41. The van der Waals surface area contributed by atoms with Crippen LogP contribution in [-0.4, -0.2) is 58.9 Å². The van der Waals surface area contributed by atoms with Crippen molar-refractivity contribution in [2.45, 2.75) is 0 Å². The molecule has 0 saturated carbocycles. The molecule has 0 radical (unpaired) electrons. The van der Waals surface area contributed by atoms with Gasteiger partial charge in [-0.15, -0.1) is 11.3 Å². The number of piperazine rings is 1. The second kappa shape index (κ2) is 8.09. The Labute approximate surface area is 185 Å². The van der Waals surface area contributed by atoms with Crippen LogP contribution in [0.1, 0.15) is 10.4 Å². The standard InChI is InChI=1S/C24H23N5OS/c1-28-10-12-29(13-11-28)24(30)17-8-6-16(7-9-17)18-14-19(22(25)26-15-18)23-27-20-4-2-3-5-21(20)31-23/h2-9,14-15H,10-13H2,1H3,(H2,25,26). The van der Waals surface area contributed by atoms with Gasteiger partial charge in [0.25, 0.3) is 5.91 Å². The third-order valence-corrected chi connectivity index (χ3v) is 6.77. The van der Waals surface area contributed by atoms with E-state index in [9.17, 15) is 4.79 Å². The zero-order valence-corrected chi connectivity index (χ0v) is 18.1. The first-order valence-electron chi connectivity index (χ1n) is 10.3. The number of para-hydroxylation sites is 1. The van der Waals surface area contributed by atoms with Crippen molar-refractivity contribution in [1.82, 2.24) is 19.8 Å². The molecule has 0 atom stereocenters. The number of amides is 1. The number of carbonyl (C=O) groups is 1. The molecule has 7 heteroatoms. The van der Waals surface area contributed by atoms with Gasteiger partial charge in [0.05, 0.1) is 15.8 Å². The zero-order chi connectivity index (χ0) is 21.4. The fourth-order valence-electron chi connectivity index (χ4n) is 3.79. The Morgan fingerprint density at radius 1 is 1.00 bits per heavy atom. The van der Waals surface area contributed by atoms with Gasteiger partial charge < -0.3 is 15.5 Å². The van der Waals surface area contributed by atoms with Crippen LogP contribution in [0.5, 0.6) is 0 Å². The molecule has 2 N–H and O–H groups in total. The molecule has 1 aliphatic rings. The lowest BCUT2D eigenvalue weighted by atomic mass is 10.0. The molecular weight excluding hydrogens is 406 g/mol. The first-order valence-corrected chi connectivity index (χ1v) is 11.1. The molecule has 0 unspecified atom stereocenters. The predicted molar refractivity (Wildman–Crippen MR) is 126 cm³/mol. The van der Waals surface area contributed by atoms with Crippen LogP contribution in [-0.2, 0) is 0 Å². The van der Waals surface area contributed by atoms with Crippen LogP contribution in [0.2, 0.25) is 0 Å². The van der Waals surface area contributed by atoms with E-state index in [4.69, 9.17) is 10.7 Å². The van der Waals surface area contributed by atoms with Crippen LogP contribution in [0, 0.1) is 0 Å². The summed E-state index contributed by atoms with van der Waals surface area (Å²) in [6.07, 6.45) is 1.77. The summed E-state index contributed by atoms with van der Waals surface area (Å²) in [4.78, 5) is 26.1. The van der Waals surface area contributed by atoms with Gasteiger partial charge in [-0.2, -0.15) is 0 Å². The minimum Gasteiger partial charge on any atom is -0.383 e. The summed E-state index contributed by atoms with van der Waals surface area (Å²) >= 11 is 1.61. The van der Waals surface area contributed by atoms with Gasteiger partial charge in [0.2, 0.25) is 0 Å². The van der Waals surface area contributed by atoms with Crippen LogP contribution in [0.4, 0.5) is 5.82 Å². The van der Waals surface area contributed by atoms with Crippen LogP contribution in [0.3, 0.4) is 0 Å². The number of carbonyl (C=O) groups excluding carboxylic acids is 1. The van der Waals surface area contributed by atoms with Gasteiger partial charge in [0.1, 0.15) is 10.8 Å². The number of anilines is 1. The van der Waals surface area contributed by atoms with E-state index >= 15 is 0 Å². The third-order valence-electron chi connectivity index (χ3n) is 5.70. The smallest absolute Gasteiger partial charge is 0.253 e. The molecule has 0 bridgehead atoms. The maximum atomic E-state index is 12.8. The van der Waals surface area contributed by atoms with Gasteiger partial charge in [-0.3, -0.25) is 4.79 Å². The Morgan fingerprint density at radius 3 is 2.48 bits per heavy atom. The van der Waals surface area contributed by atoms with Crippen LogP contribution in [0.15, 0.2) is 60.8 Å². The van der Waals surface area contributed by atoms with E-state index in [0.717, 1.165) is 58.1 Å². The Bertz CT molecular complexity index is 1210.